The van der Waals surface area contributed by atoms with Crippen molar-refractivity contribution in [2.75, 3.05) is 0 Å². The summed E-state index contributed by atoms with van der Waals surface area (Å²) in [6, 6.07) is 2.56. The molecule has 0 amide bonds. The van der Waals surface area contributed by atoms with E-state index in [0.717, 1.165) is 41.4 Å². The van der Waals surface area contributed by atoms with Crippen LogP contribution in [0.15, 0.2) is 0 Å². The van der Waals surface area contributed by atoms with E-state index in [0.29, 0.717) is 0 Å². The number of rotatable bonds is 0. The van der Waals surface area contributed by atoms with Gasteiger partial charge in [0.15, 0.2) is 0 Å². The van der Waals surface area contributed by atoms with Gasteiger partial charge in [-0.05, 0) is 12.8 Å². The zero-order chi connectivity index (χ0) is 26.5. The molecule has 0 aromatic rings. The quantitative estimate of drug-likeness (QED) is 0.280. The summed E-state index contributed by atoms with van der Waals surface area (Å²) < 4.78 is 0. The molecule has 2 heterocycles. The van der Waals surface area contributed by atoms with Crippen molar-refractivity contribution in [3.05, 3.63) is 0 Å². The fraction of sp³-hybridized carbons (Fsp3) is 1.00. The smallest absolute Gasteiger partial charge is 0.121 e. The van der Waals surface area contributed by atoms with Gasteiger partial charge >= 0.3 is 0 Å². The Kier molecular flexibility index (Phi) is 13.5. The van der Waals surface area contributed by atoms with Crippen LogP contribution in [0.5, 0.6) is 0 Å². The molecule has 0 N–H and O–H groups in total. The third kappa shape index (κ3) is 9.04. The van der Waals surface area contributed by atoms with Crippen molar-refractivity contribution in [3.8, 4) is 0 Å². The fourth-order valence-corrected chi connectivity index (χ4v) is 10.1. The van der Waals surface area contributed by atoms with Gasteiger partial charge in [0.1, 0.15) is 14.6 Å². The molecule has 7 atom stereocenters. The van der Waals surface area contributed by atoms with E-state index in [1.54, 1.807) is 0 Å². The molecule has 3 heteroatoms. The number of fused-ring (bicyclic) bond motifs is 4. The highest BCUT2D eigenvalue weighted by molar-refractivity contribution is 6.44. The van der Waals surface area contributed by atoms with Crippen LogP contribution in [0.25, 0.3) is 0 Å². The Morgan fingerprint density at radius 3 is 0.872 bits per heavy atom. The Morgan fingerprint density at radius 2 is 0.538 bits per heavy atom. The maximum atomic E-state index is 3.38. The normalized spacial score (nSPS) is 39.4. The van der Waals surface area contributed by atoms with Crippen LogP contribution in [-0.2, 0) is 0 Å². The monoisotopic (exact) mass is 534 g/mol. The highest BCUT2D eigenvalue weighted by Crippen LogP contribution is 2.53. The molecule has 0 aromatic heterocycles. The average Bonchev–Trinajstić information content (AvgIpc) is 2.94. The van der Waals surface area contributed by atoms with Crippen molar-refractivity contribution in [2.24, 2.45) is 0 Å². The lowest BCUT2D eigenvalue weighted by molar-refractivity contribution is 0.0175. The van der Waals surface area contributed by atoms with E-state index in [4.69, 9.17) is 0 Å². The van der Waals surface area contributed by atoms with Crippen LogP contribution >= 0.6 is 0 Å². The minimum atomic E-state index is 0.845. The first-order valence-corrected chi connectivity index (χ1v) is 18.9. The maximum Gasteiger partial charge on any atom is 0.121 e. The SMILES string of the molecule is [B]1[C@@H]2CCCCCCCCCCCC[C@@H]2N2C3[C@H]([B][C@H]4CCCCCCCCCC[C@H]42)CCCCCCC[C@H]13. The molecule has 0 aromatic carbocycles. The topological polar surface area (TPSA) is 3.24 Å². The van der Waals surface area contributed by atoms with E-state index in [1.165, 1.54) is 186 Å². The molecule has 2 saturated heterocycles. The van der Waals surface area contributed by atoms with Gasteiger partial charge in [-0.3, -0.25) is 4.90 Å². The summed E-state index contributed by atoms with van der Waals surface area (Å²) in [5, 5.41) is 0. The Bertz CT molecular complexity index is 654. The standard InChI is InChI=1S/C36H65B2N/c1-2-4-9-16-22-28-34-30(24-18-12-7-3-1)37-32-26-20-14-11-15-21-27-33-36(32)39(34)35-29-23-17-10-6-5-8-13-19-25-31(35)38-33/h30-36H,1-29H2/t30-,31+,32+,33-,34+,35-,36?/m1/s1. The largest absolute Gasteiger partial charge is 0.296 e. The molecule has 0 bridgehead atoms. The first-order chi connectivity index (χ1) is 19.4. The van der Waals surface area contributed by atoms with E-state index in [2.05, 4.69) is 19.5 Å². The second-order valence-electron chi connectivity index (χ2n) is 15.0. The number of nitrogens with zero attached hydrogens (tertiary/aromatic N) is 1. The Balaban J connectivity index is 1.42. The van der Waals surface area contributed by atoms with E-state index >= 15 is 0 Å². The molecule has 2 radical (unpaired) electrons. The van der Waals surface area contributed by atoms with Crippen LogP contribution in [0.4, 0.5) is 0 Å². The van der Waals surface area contributed by atoms with Gasteiger partial charge in [-0.1, -0.05) is 197 Å². The molecule has 0 spiro atoms. The summed E-state index contributed by atoms with van der Waals surface area (Å²) in [4.78, 5) is 3.38. The van der Waals surface area contributed by atoms with Crippen molar-refractivity contribution >= 4 is 14.6 Å². The van der Waals surface area contributed by atoms with E-state index in [9.17, 15) is 0 Å². The van der Waals surface area contributed by atoms with Crippen LogP contribution in [0.1, 0.15) is 186 Å². The molecule has 3 aliphatic carbocycles. The van der Waals surface area contributed by atoms with Crippen LogP contribution in [-0.4, -0.2) is 37.6 Å². The molecule has 5 rings (SSSR count). The minimum absolute atomic E-state index is 0.845. The van der Waals surface area contributed by atoms with Crippen LogP contribution < -0.4 is 0 Å². The van der Waals surface area contributed by atoms with Gasteiger partial charge < -0.3 is 0 Å². The number of hydrogen-bond donors (Lipinski definition) is 0. The highest BCUT2D eigenvalue weighted by Gasteiger charge is 2.52. The molecule has 5 fully saturated rings. The number of hydrogen-bond acceptors (Lipinski definition) is 1. The van der Waals surface area contributed by atoms with Gasteiger partial charge in [0.2, 0.25) is 0 Å². The van der Waals surface area contributed by atoms with Crippen LogP contribution in [0.3, 0.4) is 0 Å². The van der Waals surface area contributed by atoms with Crippen molar-refractivity contribution in [3.63, 3.8) is 0 Å². The molecule has 1 nitrogen and oxygen atoms in total. The Morgan fingerprint density at radius 1 is 0.282 bits per heavy atom. The first kappa shape index (κ1) is 30.5. The maximum absolute atomic E-state index is 3.38. The molecule has 1 unspecified atom stereocenters. The lowest BCUT2D eigenvalue weighted by Gasteiger charge is -2.61. The first-order valence-electron chi connectivity index (χ1n) is 18.9. The molecular weight excluding hydrogens is 468 g/mol. The fourth-order valence-electron chi connectivity index (χ4n) is 10.1. The second kappa shape index (κ2) is 17.3. The third-order valence-electron chi connectivity index (χ3n) is 12.1. The Hall–Kier alpha value is 0.0899. The molecule has 5 aliphatic rings. The van der Waals surface area contributed by atoms with E-state index < -0.39 is 0 Å². The van der Waals surface area contributed by atoms with Crippen molar-refractivity contribution in [1.82, 2.24) is 4.90 Å². The minimum Gasteiger partial charge on any atom is -0.296 e. The molecule has 220 valence electrons. The van der Waals surface area contributed by atoms with Crippen molar-refractivity contribution in [1.29, 1.82) is 0 Å². The molecule has 39 heavy (non-hydrogen) atoms. The summed E-state index contributed by atoms with van der Waals surface area (Å²) in [5.41, 5.74) is 0. The van der Waals surface area contributed by atoms with Gasteiger partial charge in [0.05, 0.1) is 0 Å². The van der Waals surface area contributed by atoms with Gasteiger partial charge in [0.25, 0.3) is 0 Å². The average molecular weight is 534 g/mol. The van der Waals surface area contributed by atoms with Crippen LogP contribution in [0, 0.1) is 0 Å². The van der Waals surface area contributed by atoms with Gasteiger partial charge in [-0.2, -0.15) is 0 Å². The lowest BCUT2D eigenvalue weighted by atomic mass is 9.36. The Labute approximate surface area is 246 Å². The predicted molar refractivity (Wildman–Crippen MR) is 174 cm³/mol. The van der Waals surface area contributed by atoms with Crippen molar-refractivity contribution in [2.45, 2.75) is 228 Å². The predicted octanol–water partition coefficient (Wildman–Crippen LogP) is 11.3. The summed E-state index contributed by atoms with van der Waals surface area (Å²) in [6.07, 6.45) is 43.3. The molecule has 3 saturated carbocycles. The van der Waals surface area contributed by atoms with Gasteiger partial charge in [-0.15, -0.1) is 0 Å². The summed E-state index contributed by atoms with van der Waals surface area (Å²) >= 11 is 0. The summed E-state index contributed by atoms with van der Waals surface area (Å²) in [6.45, 7) is 0. The second-order valence-corrected chi connectivity index (χ2v) is 15.0. The van der Waals surface area contributed by atoms with Gasteiger partial charge in [0, 0.05) is 18.1 Å². The molecular formula is C36H65B2N. The zero-order valence-corrected chi connectivity index (χ0v) is 26.1. The zero-order valence-electron chi connectivity index (χ0n) is 26.1. The molecule has 2 aliphatic heterocycles. The third-order valence-corrected chi connectivity index (χ3v) is 12.1. The summed E-state index contributed by atoms with van der Waals surface area (Å²) in [5.74, 6) is 3.48. The van der Waals surface area contributed by atoms with E-state index in [1.807, 2.05) is 0 Å². The highest BCUT2D eigenvalue weighted by atomic mass is 15.2. The van der Waals surface area contributed by atoms with E-state index in [-0.39, 0.29) is 0 Å². The van der Waals surface area contributed by atoms with Crippen LogP contribution in [0.2, 0.25) is 23.3 Å². The van der Waals surface area contributed by atoms with Crippen molar-refractivity contribution < 1.29 is 0 Å². The lowest BCUT2D eigenvalue weighted by Crippen LogP contribution is -2.64. The van der Waals surface area contributed by atoms with Gasteiger partial charge in [-0.25, -0.2) is 0 Å². The summed E-state index contributed by atoms with van der Waals surface area (Å²) in [7, 11) is 6.07.